The molecule has 24 heavy (non-hydrogen) atoms. The Bertz CT molecular complexity index is 957. The summed E-state index contributed by atoms with van der Waals surface area (Å²) in [6.07, 6.45) is 0. The summed E-state index contributed by atoms with van der Waals surface area (Å²) in [7, 11) is 0. The maximum absolute atomic E-state index is 12.4. The molecule has 1 aromatic heterocycles. The molecule has 0 saturated carbocycles. The van der Waals surface area contributed by atoms with Crippen molar-refractivity contribution < 1.29 is 14.3 Å². The Labute approximate surface area is 138 Å². The van der Waals surface area contributed by atoms with Crippen molar-refractivity contribution in [1.29, 1.82) is 0 Å². The molecule has 2 aromatic carbocycles. The molecule has 0 saturated heterocycles. The summed E-state index contributed by atoms with van der Waals surface area (Å²) in [5.74, 6) is -0.0844. The Morgan fingerprint density at radius 2 is 1.83 bits per heavy atom. The number of carbonyl (C=O) groups excluding carboxylic acids is 1. The first-order chi connectivity index (χ1) is 11.4. The van der Waals surface area contributed by atoms with E-state index < -0.39 is 5.63 Å². The highest BCUT2D eigenvalue weighted by molar-refractivity contribution is 5.98. The number of phenols is 1. The lowest BCUT2D eigenvalue weighted by atomic mass is 10.1. The van der Waals surface area contributed by atoms with Gasteiger partial charge in [0.05, 0.1) is 6.04 Å². The van der Waals surface area contributed by atoms with Crippen LogP contribution < -0.4 is 10.9 Å². The molecule has 0 aliphatic heterocycles. The van der Waals surface area contributed by atoms with Crippen LogP contribution in [0.15, 0.2) is 57.7 Å². The fraction of sp³-hybridized carbons (Fsp3) is 0.158. The SMILES string of the molecule is Cc1cc(=O)oc2cc(C(=O)NC(C)c3ccc(O)cc3)ccc12. The summed E-state index contributed by atoms with van der Waals surface area (Å²) in [5.41, 5.74) is 2.07. The Kier molecular flexibility index (Phi) is 4.08. The van der Waals surface area contributed by atoms with Crippen LogP contribution in [0.2, 0.25) is 0 Å². The minimum absolute atomic E-state index is 0.178. The Balaban J connectivity index is 1.85. The van der Waals surface area contributed by atoms with Crippen molar-refractivity contribution in [3.63, 3.8) is 0 Å². The third-order valence-electron chi connectivity index (χ3n) is 3.95. The molecule has 0 fully saturated rings. The number of aryl methyl sites for hydroxylation is 1. The summed E-state index contributed by atoms with van der Waals surface area (Å²) in [4.78, 5) is 23.9. The number of carbonyl (C=O) groups is 1. The predicted molar refractivity (Wildman–Crippen MR) is 91.2 cm³/mol. The maximum Gasteiger partial charge on any atom is 0.336 e. The van der Waals surface area contributed by atoms with Crippen LogP contribution >= 0.6 is 0 Å². The first-order valence-corrected chi connectivity index (χ1v) is 7.58. The van der Waals surface area contributed by atoms with Crippen molar-refractivity contribution in [2.24, 2.45) is 0 Å². The standard InChI is InChI=1S/C19H17NO4/c1-11-9-18(22)24-17-10-14(5-8-16(11)17)19(23)20-12(2)13-3-6-15(21)7-4-13/h3-10,12,21H,1-2H3,(H,20,23). The summed E-state index contributed by atoms with van der Waals surface area (Å²) in [6, 6.07) is 12.9. The van der Waals surface area contributed by atoms with Gasteiger partial charge in [-0.25, -0.2) is 4.79 Å². The molecule has 0 spiro atoms. The highest BCUT2D eigenvalue weighted by atomic mass is 16.4. The van der Waals surface area contributed by atoms with Gasteiger partial charge in [-0.2, -0.15) is 0 Å². The lowest BCUT2D eigenvalue weighted by Gasteiger charge is -2.14. The van der Waals surface area contributed by atoms with Gasteiger partial charge in [-0.1, -0.05) is 18.2 Å². The van der Waals surface area contributed by atoms with Crippen LogP contribution in [-0.2, 0) is 0 Å². The second-order valence-electron chi connectivity index (χ2n) is 5.75. The summed E-state index contributed by atoms with van der Waals surface area (Å²) >= 11 is 0. The molecule has 0 bridgehead atoms. The largest absolute Gasteiger partial charge is 0.508 e. The van der Waals surface area contributed by atoms with E-state index in [4.69, 9.17) is 4.42 Å². The van der Waals surface area contributed by atoms with Crippen molar-refractivity contribution in [3.05, 3.63) is 75.6 Å². The molecule has 3 rings (SSSR count). The first kappa shape index (κ1) is 15.8. The fourth-order valence-electron chi connectivity index (χ4n) is 2.59. The Hall–Kier alpha value is -3.08. The molecule has 1 unspecified atom stereocenters. The zero-order valence-electron chi connectivity index (χ0n) is 13.4. The maximum atomic E-state index is 12.4. The second kappa shape index (κ2) is 6.20. The molecule has 1 heterocycles. The minimum atomic E-state index is -0.435. The fourth-order valence-corrected chi connectivity index (χ4v) is 2.59. The van der Waals surface area contributed by atoms with Gasteiger partial charge in [-0.05, 0) is 49.2 Å². The number of aromatic hydroxyl groups is 1. The zero-order chi connectivity index (χ0) is 17.3. The molecule has 5 nitrogen and oxygen atoms in total. The first-order valence-electron chi connectivity index (χ1n) is 7.58. The average molecular weight is 323 g/mol. The van der Waals surface area contributed by atoms with E-state index in [1.54, 1.807) is 42.5 Å². The van der Waals surface area contributed by atoms with Crippen LogP contribution in [-0.4, -0.2) is 11.0 Å². The lowest BCUT2D eigenvalue weighted by Crippen LogP contribution is -2.26. The monoisotopic (exact) mass is 323 g/mol. The summed E-state index contributed by atoms with van der Waals surface area (Å²) in [5, 5.41) is 13.0. The van der Waals surface area contributed by atoms with Gasteiger partial charge in [0.15, 0.2) is 0 Å². The average Bonchev–Trinajstić information content (AvgIpc) is 2.54. The van der Waals surface area contributed by atoms with E-state index >= 15 is 0 Å². The highest BCUT2D eigenvalue weighted by Gasteiger charge is 2.13. The van der Waals surface area contributed by atoms with Gasteiger partial charge in [0.2, 0.25) is 0 Å². The molecule has 1 atom stereocenters. The van der Waals surface area contributed by atoms with E-state index in [1.807, 2.05) is 13.8 Å². The van der Waals surface area contributed by atoms with E-state index in [9.17, 15) is 14.7 Å². The van der Waals surface area contributed by atoms with Crippen LogP contribution in [0, 0.1) is 6.92 Å². The van der Waals surface area contributed by atoms with Crippen LogP contribution in [0.25, 0.3) is 11.0 Å². The number of benzene rings is 2. The molecule has 3 aromatic rings. The Morgan fingerprint density at radius 1 is 1.12 bits per heavy atom. The molecular formula is C19H17NO4. The van der Waals surface area contributed by atoms with Crippen LogP contribution in [0.4, 0.5) is 0 Å². The minimum Gasteiger partial charge on any atom is -0.508 e. The van der Waals surface area contributed by atoms with Gasteiger partial charge in [0, 0.05) is 17.0 Å². The number of nitrogens with one attached hydrogen (secondary N) is 1. The molecule has 2 N–H and O–H groups in total. The van der Waals surface area contributed by atoms with E-state index in [0.717, 1.165) is 16.5 Å². The Morgan fingerprint density at radius 3 is 2.54 bits per heavy atom. The number of hydrogen-bond donors (Lipinski definition) is 2. The summed E-state index contributed by atoms with van der Waals surface area (Å²) < 4.78 is 5.17. The van der Waals surface area contributed by atoms with E-state index in [-0.39, 0.29) is 17.7 Å². The molecule has 1 amide bonds. The van der Waals surface area contributed by atoms with Gasteiger partial charge >= 0.3 is 5.63 Å². The van der Waals surface area contributed by atoms with Crippen molar-refractivity contribution in [3.8, 4) is 5.75 Å². The van der Waals surface area contributed by atoms with Crippen LogP contribution in [0.3, 0.4) is 0 Å². The van der Waals surface area contributed by atoms with Gasteiger partial charge in [-0.3, -0.25) is 4.79 Å². The number of hydrogen-bond acceptors (Lipinski definition) is 4. The van der Waals surface area contributed by atoms with Crippen LogP contribution in [0.1, 0.15) is 34.5 Å². The van der Waals surface area contributed by atoms with Crippen molar-refractivity contribution in [1.82, 2.24) is 5.32 Å². The van der Waals surface area contributed by atoms with E-state index in [1.165, 1.54) is 6.07 Å². The topological polar surface area (TPSA) is 79.5 Å². The van der Waals surface area contributed by atoms with Crippen molar-refractivity contribution >= 4 is 16.9 Å². The molecular weight excluding hydrogens is 306 g/mol. The third-order valence-corrected chi connectivity index (χ3v) is 3.95. The third kappa shape index (κ3) is 3.15. The van der Waals surface area contributed by atoms with Gasteiger partial charge < -0.3 is 14.8 Å². The number of fused-ring (bicyclic) bond motifs is 1. The lowest BCUT2D eigenvalue weighted by molar-refractivity contribution is 0.0940. The molecule has 122 valence electrons. The quantitative estimate of drug-likeness (QED) is 0.725. The smallest absolute Gasteiger partial charge is 0.336 e. The second-order valence-corrected chi connectivity index (χ2v) is 5.75. The van der Waals surface area contributed by atoms with Gasteiger partial charge in [-0.15, -0.1) is 0 Å². The molecule has 0 aliphatic rings. The number of phenolic OH excluding ortho intramolecular Hbond substituents is 1. The molecule has 5 heteroatoms. The predicted octanol–water partition coefficient (Wildman–Crippen LogP) is 3.30. The van der Waals surface area contributed by atoms with E-state index in [2.05, 4.69) is 5.32 Å². The van der Waals surface area contributed by atoms with Crippen LogP contribution in [0.5, 0.6) is 5.75 Å². The van der Waals surface area contributed by atoms with Gasteiger partial charge in [0.1, 0.15) is 11.3 Å². The molecule has 0 radical (unpaired) electrons. The van der Waals surface area contributed by atoms with Gasteiger partial charge in [0.25, 0.3) is 5.91 Å². The number of amides is 1. The highest BCUT2D eigenvalue weighted by Crippen LogP contribution is 2.20. The normalized spacial score (nSPS) is 12.1. The van der Waals surface area contributed by atoms with Crippen molar-refractivity contribution in [2.45, 2.75) is 19.9 Å². The molecule has 0 aliphatic carbocycles. The zero-order valence-corrected chi connectivity index (χ0v) is 13.4. The summed E-state index contributed by atoms with van der Waals surface area (Å²) in [6.45, 7) is 3.68. The number of rotatable bonds is 3. The van der Waals surface area contributed by atoms with Crippen molar-refractivity contribution in [2.75, 3.05) is 0 Å². The van der Waals surface area contributed by atoms with E-state index in [0.29, 0.717) is 11.1 Å².